The number of benzene rings is 1. The molecule has 0 aliphatic carbocycles. The molecule has 1 amide bonds. The molecule has 0 unspecified atom stereocenters. The standard InChI is InChI=1S/C14H15F3N2O2/c1-13(2,3)21-12(20)19-11(14(15,16)17)10-6-4-9(8-18)5-7-10/h4-7,11H,1-3H3,(H,19,20)/t11-/m0/s1. The second-order valence-corrected chi connectivity index (χ2v) is 5.35. The van der Waals surface area contributed by atoms with Crippen molar-refractivity contribution < 1.29 is 22.7 Å². The third-order valence-electron chi connectivity index (χ3n) is 2.36. The van der Waals surface area contributed by atoms with Gasteiger partial charge in [0.25, 0.3) is 0 Å². The number of nitrogens with zero attached hydrogens (tertiary/aromatic N) is 1. The summed E-state index contributed by atoms with van der Waals surface area (Å²) in [5.41, 5.74) is -0.838. The average molecular weight is 300 g/mol. The van der Waals surface area contributed by atoms with E-state index in [1.54, 1.807) is 26.1 Å². The van der Waals surface area contributed by atoms with Crippen molar-refractivity contribution in [2.24, 2.45) is 0 Å². The van der Waals surface area contributed by atoms with Gasteiger partial charge < -0.3 is 10.1 Å². The number of carbonyl (C=O) groups is 1. The highest BCUT2D eigenvalue weighted by molar-refractivity contribution is 5.68. The minimum absolute atomic E-state index is 0.174. The number of hydrogen-bond donors (Lipinski definition) is 1. The molecule has 0 saturated carbocycles. The second-order valence-electron chi connectivity index (χ2n) is 5.35. The minimum atomic E-state index is -4.68. The number of halogens is 3. The zero-order valence-electron chi connectivity index (χ0n) is 11.8. The Balaban J connectivity index is 2.96. The predicted molar refractivity (Wildman–Crippen MR) is 69.3 cm³/mol. The molecule has 0 aliphatic rings. The summed E-state index contributed by atoms with van der Waals surface area (Å²) in [6.07, 6.45) is -5.83. The summed E-state index contributed by atoms with van der Waals surface area (Å²) < 4.78 is 44.0. The Labute approximate surface area is 120 Å². The van der Waals surface area contributed by atoms with E-state index in [-0.39, 0.29) is 11.1 Å². The Kier molecular flexibility index (Phi) is 4.84. The largest absolute Gasteiger partial charge is 0.444 e. The molecular weight excluding hydrogens is 285 g/mol. The van der Waals surface area contributed by atoms with Crippen molar-refractivity contribution in [3.05, 3.63) is 35.4 Å². The topological polar surface area (TPSA) is 62.1 Å². The van der Waals surface area contributed by atoms with E-state index in [1.165, 1.54) is 12.1 Å². The summed E-state index contributed by atoms with van der Waals surface area (Å²) >= 11 is 0. The molecule has 0 bridgehead atoms. The van der Waals surface area contributed by atoms with Gasteiger partial charge in [0.15, 0.2) is 6.04 Å². The van der Waals surface area contributed by atoms with Gasteiger partial charge >= 0.3 is 12.3 Å². The molecule has 0 fully saturated rings. The maximum absolute atomic E-state index is 13.0. The van der Waals surface area contributed by atoms with Crippen molar-refractivity contribution in [1.29, 1.82) is 5.26 Å². The number of nitriles is 1. The van der Waals surface area contributed by atoms with Gasteiger partial charge in [0.1, 0.15) is 5.60 Å². The first-order valence-electron chi connectivity index (χ1n) is 6.09. The van der Waals surface area contributed by atoms with Crippen LogP contribution in [0.2, 0.25) is 0 Å². The first-order chi connectivity index (χ1) is 9.53. The van der Waals surface area contributed by atoms with Gasteiger partial charge in [-0.1, -0.05) is 12.1 Å². The lowest BCUT2D eigenvalue weighted by Crippen LogP contribution is -2.41. The van der Waals surface area contributed by atoms with Gasteiger partial charge in [-0.15, -0.1) is 0 Å². The zero-order valence-corrected chi connectivity index (χ0v) is 11.8. The lowest BCUT2D eigenvalue weighted by Gasteiger charge is -2.25. The molecule has 0 heterocycles. The fourth-order valence-electron chi connectivity index (χ4n) is 1.53. The number of hydrogen-bond acceptors (Lipinski definition) is 3. The van der Waals surface area contributed by atoms with E-state index < -0.39 is 23.9 Å². The van der Waals surface area contributed by atoms with Crippen molar-refractivity contribution in [2.45, 2.75) is 38.6 Å². The fourth-order valence-corrected chi connectivity index (χ4v) is 1.53. The molecule has 0 aromatic heterocycles. The SMILES string of the molecule is CC(C)(C)OC(=O)N[C@@H](c1ccc(C#N)cc1)C(F)(F)F. The van der Waals surface area contributed by atoms with Crippen molar-refractivity contribution in [3.8, 4) is 6.07 Å². The summed E-state index contributed by atoms with van der Waals surface area (Å²) in [4.78, 5) is 11.5. The molecule has 1 atom stereocenters. The van der Waals surface area contributed by atoms with Gasteiger partial charge in [-0.3, -0.25) is 0 Å². The van der Waals surface area contributed by atoms with Gasteiger partial charge in [-0.25, -0.2) is 4.79 Å². The molecule has 1 aromatic rings. The number of nitrogens with one attached hydrogen (secondary N) is 1. The van der Waals surface area contributed by atoms with Crippen LogP contribution in [0, 0.1) is 11.3 Å². The Bertz CT molecular complexity index is 539. The summed E-state index contributed by atoms with van der Waals surface area (Å²) in [6, 6.07) is 4.42. The third kappa shape index (κ3) is 5.34. The molecule has 0 saturated heterocycles. The van der Waals surface area contributed by atoms with Crippen LogP contribution in [-0.4, -0.2) is 17.9 Å². The maximum atomic E-state index is 13.0. The van der Waals surface area contributed by atoms with E-state index in [1.807, 2.05) is 6.07 Å². The van der Waals surface area contributed by atoms with E-state index in [0.29, 0.717) is 0 Å². The number of amides is 1. The minimum Gasteiger partial charge on any atom is -0.444 e. The van der Waals surface area contributed by atoms with Gasteiger partial charge in [0.2, 0.25) is 0 Å². The van der Waals surface area contributed by atoms with Crippen LogP contribution in [0.1, 0.15) is 37.9 Å². The quantitative estimate of drug-likeness (QED) is 0.906. The Morgan fingerprint density at radius 1 is 1.24 bits per heavy atom. The molecule has 1 aromatic carbocycles. The molecule has 114 valence electrons. The molecule has 4 nitrogen and oxygen atoms in total. The van der Waals surface area contributed by atoms with Crippen LogP contribution in [0.15, 0.2) is 24.3 Å². The third-order valence-corrected chi connectivity index (χ3v) is 2.36. The fraction of sp³-hybridized carbons (Fsp3) is 0.429. The first kappa shape index (κ1) is 16.8. The van der Waals surface area contributed by atoms with E-state index in [9.17, 15) is 18.0 Å². The highest BCUT2D eigenvalue weighted by Crippen LogP contribution is 2.33. The zero-order chi connectivity index (χ0) is 16.3. The lowest BCUT2D eigenvalue weighted by molar-refractivity contribution is -0.156. The van der Waals surface area contributed by atoms with Crippen LogP contribution in [-0.2, 0) is 4.74 Å². The number of carbonyl (C=O) groups excluding carboxylic acids is 1. The van der Waals surface area contributed by atoms with Gasteiger partial charge in [0, 0.05) is 0 Å². The molecule has 0 aliphatic heterocycles. The molecule has 1 N–H and O–H groups in total. The smallest absolute Gasteiger partial charge is 0.412 e. The van der Waals surface area contributed by atoms with E-state index in [2.05, 4.69) is 0 Å². The Morgan fingerprint density at radius 2 is 1.76 bits per heavy atom. The molecule has 21 heavy (non-hydrogen) atoms. The van der Waals surface area contributed by atoms with Crippen molar-refractivity contribution in [3.63, 3.8) is 0 Å². The van der Waals surface area contributed by atoms with Crippen LogP contribution in [0.25, 0.3) is 0 Å². The second kappa shape index (κ2) is 6.04. The van der Waals surface area contributed by atoms with Crippen LogP contribution in [0.5, 0.6) is 0 Å². The monoisotopic (exact) mass is 300 g/mol. The average Bonchev–Trinajstić information content (AvgIpc) is 2.33. The summed E-state index contributed by atoms with van der Waals surface area (Å²) in [5, 5.41) is 10.4. The highest BCUT2D eigenvalue weighted by Gasteiger charge is 2.42. The maximum Gasteiger partial charge on any atom is 0.412 e. The van der Waals surface area contributed by atoms with Crippen molar-refractivity contribution in [2.75, 3.05) is 0 Å². The van der Waals surface area contributed by atoms with Crippen LogP contribution in [0.3, 0.4) is 0 Å². The molecule has 0 radical (unpaired) electrons. The van der Waals surface area contributed by atoms with Crippen molar-refractivity contribution >= 4 is 6.09 Å². The summed E-state index contributed by atoms with van der Waals surface area (Å²) in [6.45, 7) is 4.66. The van der Waals surface area contributed by atoms with Gasteiger partial charge in [-0.2, -0.15) is 18.4 Å². The van der Waals surface area contributed by atoms with Crippen molar-refractivity contribution in [1.82, 2.24) is 5.32 Å². The number of alkyl halides is 3. The predicted octanol–water partition coefficient (Wildman–Crippen LogP) is 3.69. The van der Waals surface area contributed by atoms with E-state index in [4.69, 9.17) is 10.00 Å². The van der Waals surface area contributed by atoms with E-state index >= 15 is 0 Å². The molecular formula is C14H15F3N2O2. The first-order valence-corrected chi connectivity index (χ1v) is 6.09. The summed E-state index contributed by atoms with van der Waals surface area (Å²) in [7, 11) is 0. The van der Waals surface area contributed by atoms with Crippen LogP contribution >= 0.6 is 0 Å². The van der Waals surface area contributed by atoms with Crippen LogP contribution < -0.4 is 5.32 Å². The molecule has 0 spiro atoms. The lowest BCUT2D eigenvalue weighted by atomic mass is 10.0. The number of rotatable bonds is 2. The molecule has 1 rings (SSSR count). The van der Waals surface area contributed by atoms with Gasteiger partial charge in [0.05, 0.1) is 11.6 Å². The van der Waals surface area contributed by atoms with E-state index in [0.717, 1.165) is 12.1 Å². The molecule has 7 heteroatoms. The van der Waals surface area contributed by atoms with Crippen LogP contribution in [0.4, 0.5) is 18.0 Å². The Morgan fingerprint density at radius 3 is 2.14 bits per heavy atom. The normalized spacial score (nSPS) is 13.2. The number of alkyl carbamates (subject to hydrolysis) is 1. The summed E-state index contributed by atoms with van der Waals surface area (Å²) in [5.74, 6) is 0. The van der Waals surface area contributed by atoms with Gasteiger partial charge in [-0.05, 0) is 38.5 Å². The number of ether oxygens (including phenoxy) is 1. The Hall–Kier alpha value is -2.23. The highest BCUT2D eigenvalue weighted by atomic mass is 19.4.